The number of carbonyl (C=O) groups excluding carboxylic acids is 1. The van der Waals surface area contributed by atoms with Crippen molar-refractivity contribution in [2.45, 2.75) is 5.54 Å². The van der Waals surface area contributed by atoms with Gasteiger partial charge in [0, 0.05) is 21.8 Å². The van der Waals surface area contributed by atoms with Gasteiger partial charge >= 0.3 is 5.97 Å². The Morgan fingerprint density at radius 2 is 2.04 bits per heavy atom. The van der Waals surface area contributed by atoms with Gasteiger partial charge in [-0.3, -0.25) is 14.9 Å². The molecule has 1 atom stereocenters. The fourth-order valence-corrected chi connectivity index (χ4v) is 3.15. The van der Waals surface area contributed by atoms with Gasteiger partial charge in [-0.15, -0.1) is 0 Å². The van der Waals surface area contributed by atoms with Gasteiger partial charge in [0.15, 0.2) is 5.54 Å². The number of halogens is 1. The number of amides is 1. The summed E-state index contributed by atoms with van der Waals surface area (Å²) in [6, 6.07) is 12.0. The molecular weight excluding hydrogens is 332 g/mol. The summed E-state index contributed by atoms with van der Waals surface area (Å²) in [5.74, 6) is -0.989. The molecule has 7 heteroatoms. The van der Waals surface area contributed by atoms with Gasteiger partial charge in [0.1, 0.15) is 5.75 Å². The lowest BCUT2D eigenvalue weighted by molar-refractivity contribution is -0.136. The van der Waals surface area contributed by atoms with Crippen LogP contribution in [0.1, 0.15) is 11.1 Å². The van der Waals surface area contributed by atoms with Crippen LogP contribution in [0.2, 0.25) is 5.02 Å². The number of carboxylic acids is 1. The Hall–Kier alpha value is -2.57. The Morgan fingerprint density at radius 3 is 2.75 bits per heavy atom. The number of rotatable bonds is 5. The zero-order chi connectivity index (χ0) is 17.3. The minimum absolute atomic E-state index is 0.384. The number of fused-ring (bicyclic) bond motifs is 1. The summed E-state index contributed by atoms with van der Waals surface area (Å²) in [5.41, 5.74) is 0.261. The van der Waals surface area contributed by atoms with Crippen molar-refractivity contribution in [3.63, 3.8) is 0 Å². The van der Waals surface area contributed by atoms with E-state index in [1.165, 1.54) is 7.11 Å². The zero-order valence-corrected chi connectivity index (χ0v) is 13.6. The van der Waals surface area contributed by atoms with E-state index in [4.69, 9.17) is 21.4 Å². The summed E-state index contributed by atoms with van der Waals surface area (Å²) in [7, 11) is 1.50. The zero-order valence-electron chi connectivity index (χ0n) is 12.8. The van der Waals surface area contributed by atoms with Crippen molar-refractivity contribution in [2.24, 2.45) is 0 Å². The molecule has 3 N–H and O–H groups in total. The number of anilines is 1. The third-order valence-corrected chi connectivity index (χ3v) is 4.23. The highest BCUT2D eigenvalue weighted by Gasteiger charge is 2.50. The maximum Gasteiger partial charge on any atom is 0.317 e. The number of para-hydroxylation sites is 1. The quantitative estimate of drug-likeness (QED) is 0.772. The minimum Gasteiger partial charge on any atom is -0.496 e. The van der Waals surface area contributed by atoms with E-state index in [-0.39, 0.29) is 5.91 Å². The lowest BCUT2D eigenvalue weighted by Gasteiger charge is -2.30. The molecule has 6 nitrogen and oxygen atoms in total. The van der Waals surface area contributed by atoms with Crippen LogP contribution in [0, 0.1) is 0 Å². The van der Waals surface area contributed by atoms with E-state index in [1.807, 2.05) is 0 Å². The van der Waals surface area contributed by atoms with Crippen LogP contribution < -0.4 is 15.4 Å². The maximum atomic E-state index is 12.9. The molecule has 2 aromatic rings. The summed E-state index contributed by atoms with van der Waals surface area (Å²) >= 11 is 6.11. The number of ether oxygens (including phenoxy) is 1. The van der Waals surface area contributed by atoms with Crippen molar-refractivity contribution in [1.82, 2.24) is 5.32 Å². The fraction of sp³-hybridized carbons (Fsp3) is 0.176. The average molecular weight is 347 g/mol. The van der Waals surface area contributed by atoms with Crippen molar-refractivity contribution in [3.05, 3.63) is 58.6 Å². The number of carboxylic acid groups (broad SMARTS) is 1. The van der Waals surface area contributed by atoms with E-state index < -0.39 is 18.1 Å². The minimum atomic E-state index is -1.40. The monoisotopic (exact) mass is 346 g/mol. The van der Waals surface area contributed by atoms with Gasteiger partial charge in [-0.25, -0.2) is 0 Å². The lowest BCUT2D eigenvalue weighted by Crippen LogP contribution is -2.51. The molecule has 24 heavy (non-hydrogen) atoms. The predicted octanol–water partition coefficient (Wildman–Crippen LogP) is 2.22. The molecule has 0 aromatic heterocycles. The molecule has 0 saturated carbocycles. The molecule has 1 aliphatic rings. The van der Waals surface area contributed by atoms with Crippen LogP contribution in [0.25, 0.3) is 0 Å². The van der Waals surface area contributed by atoms with E-state index >= 15 is 0 Å². The van der Waals surface area contributed by atoms with Crippen LogP contribution in [-0.2, 0) is 15.1 Å². The maximum absolute atomic E-state index is 12.9. The van der Waals surface area contributed by atoms with Gasteiger partial charge in [-0.05, 0) is 24.3 Å². The Kier molecular flexibility index (Phi) is 4.17. The summed E-state index contributed by atoms with van der Waals surface area (Å²) in [6.45, 7) is -0.405. The third kappa shape index (κ3) is 2.50. The Bertz CT molecular complexity index is 824. The van der Waals surface area contributed by atoms with E-state index in [9.17, 15) is 9.59 Å². The molecule has 0 spiro atoms. The predicted molar refractivity (Wildman–Crippen MR) is 89.5 cm³/mol. The van der Waals surface area contributed by atoms with Gasteiger partial charge in [0.25, 0.3) is 5.91 Å². The summed E-state index contributed by atoms with van der Waals surface area (Å²) < 4.78 is 5.38. The second-order valence-electron chi connectivity index (χ2n) is 5.34. The normalized spacial score (nSPS) is 18.8. The summed E-state index contributed by atoms with van der Waals surface area (Å²) in [5, 5.41) is 15.2. The fourth-order valence-electron chi connectivity index (χ4n) is 2.97. The molecule has 2 aromatic carbocycles. The lowest BCUT2D eigenvalue weighted by atomic mass is 9.83. The molecular formula is C17H15ClN2O4. The molecule has 124 valence electrons. The smallest absolute Gasteiger partial charge is 0.317 e. The highest BCUT2D eigenvalue weighted by Crippen LogP contribution is 2.44. The summed E-state index contributed by atoms with van der Waals surface area (Å²) in [4.78, 5) is 24.0. The van der Waals surface area contributed by atoms with Crippen LogP contribution >= 0.6 is 11.6 Å². The van der Waals surface area contributed by atoms with Crippen LogP contribution in [0.3, 0.4) is 0 Å². The standard InChI is InChI=1S/C17H15ClN2O4/c1-24-14-5-3-2-4-11(14)17(19-9-15(21)22)12-8-10(18)6-7-13(12)20-16(17)23/h2-8,19H,9H2,1H3,(H,20,23)(H,21,22). The first kappa shape index (κ1) is 16.3. The molecule has 3 rings (SSSR count). The highest BCUT2D eigenvalue weighted by molar-refractivity contribution is 6.31. The number of carbonyl (C=O) groups is 2. The highest BCUT2D eigenvalue weighted by atomic mass is 35.5. The van der Waals surface area contributed by atoms with Crippen molar-refractivity contribution in [3.8, 4) is 5.75 Å². The second kappa shape index (κ2) is 6.14. The number of methoxy groups -OCH3 is 1. The van der Waals surface area contributed by atoms with Crippen LogP contribution in [-0.4, -0.2) is 30.6 Å². The average Bonchev–Trinajstić information content (AvgIpc) is 2.85. The number of hydrogen-bond acceptors (Lipinski definition) is 4. The van der Waals surface area contributed by atoms with E-state index in [0.717, 1.165) is 0 Å². The molecule has 0 fully saturated rings. The Balaban J connectivity index is 2.27. The van der Waals surface area contributed by atoms with Gasteiger partial charge in [-0.2, -0.15) is 0 Å². The van der Waals surface area contributed by atoms with Crippen LogP contribution in [0.15, 0.2) is 42.5 Å². The largest absolute Gasteiger partial charge is 0.496 e. The first-order valence-electron chi connectivity index (χ1n) is 7.21. The number of nitrogens with one attached hydrogen (secondary N) is 2. The van der Waals surface area contributed by atoms with E-state index in [1.54, 1.807) is 42.5 Å². The first-order valence-corrected chi connectivity index (χ1v) is 7.58. The first-order chi connectivity index (χ1) is 11.5. The van der Waals surface area contributed by atoms with Crippen molar-refractivity contribution < 1.29 is 19.4 Å². The van der Waals surface area contributed by atoms with Crippen LogP contribution in [0.4, 0.5) is 5.69 Å². The SMILES string of the molecule is COc1ccccc1C1(NCC(=O)O)C(=O)Nc2ccc(Cl)cc21. The molecule has 0 radical (unpaired) electrons. The number of aliphatic carboxylic acids is 1. The second-order valence-corrected chi connectivity index (χ2v) is 5.78. The van der Waals surface area contributed by atoms with Crippen molar-refractivity contribution in [2.75, 3.05) is 19.0 Å². The Morgan fingerprint density at radius 1 is 1.29 bits per heavy atom. The van der Waals surface area contributed by atoms with Gasteiger partial charge in [0.05, 0.1) is 13.7 Å². The van der Waals surface area contributed by atoms with E-state index in [2.05, 4.69) is 10.6 Å². The van der Waals surface area contributed by atoms with Crippen molar-refractivity contribution >= 4 is 29.2 Å². The van der Waals surface area contributed by atoms with Gasteiger partial charge in [0.2, 0.25) is 0 Å². The molecule has 1 unspecified atom stereocenters. The molecule has 0 saturated heterocycles. The molecule has 1 amide bonds. The van der Waals surface area contributed by atoms with Gasteiger partial charge < -0.3 is 15.2 Å². The van der Waals surface area contributed by atoms with Gasteiger partial charge in [-0.1, -0.05) is 29.8 Å². The van der Waals surface area contributed by atoms with Crippen molar-refractivity contribution in [1.29, 1.82) is 0 Å². The third-order valence-electron chi connectivity index (χ3n) is 3.99. The molecule has 0 aliphatic carbocycles. The summed E-state index contributed by atoms with van der Waals surface area (Å²) in [6.07, 6.45) is 0. The number of hydrogen-bond donors (Lipinski definition) is 3. The molecule has 0 bridgehead atoms. The van der Waals surface area contributed by atoms with Crippen LogP contribution in [0.5, 0.6) is 5.75 Å². The molecule has 1 heterocycles. The topological polar surface area (TPSA) is 87.7 Å². The number of benzene rings is 2. The van der Waals surface area contributed by atoms with E-state index in [0.29, 0.717) is 27.6 Å². The Labute approximate surface area is 143 Å². The molecule has 1 aliphatic heterocycles.